The van der Waals surface area contributed by atoms with Crippen molar-refractivity contribution in [3.8, 4) is 12.4 Å². The highest BCUT2D eigenvalue weighted by Crippen LogP contribution is 2.12. The first-order valence-corrected chi connectivity index (χ1v) is 6.40. The van der Waals surface area contributed by atoms with Gasteiger partial charge in [0.05, 0.1) is 19.8 Å². The third kappa shape index (κ3) is 8.38. The third-order valence-electron chi connectivity index (χ3n) is 2.85. The summed E-state index contributed by atoms with van der Waals surface area (Å²) in [4.78, 5) is 0. The SMILES string of the molecule is CCCCCC[N+]1(C)C=CC=CC1.N#CNC#N. The van der Waals surface area contributed by atoms with E-state index in [0.717, 1.165) is 4.48 Å². The molecule has 0 aromatic rings. The minimum Gasteiger partial charge on any atom is -0.296 e. The van der Waals surface area contributed by atoms with Crippen molar-refractivity contribution in [2.24, 2.45) is 0 Å². The Hall–Kier alpha value is -1.78. The maximum absolute atomic E-state index is 7.48. The third-order valence-corrected chi connectivity index (χ3v) is 2.85. The number of likely N-dealkylation sites (N-methyl/N-ethyl adjacent to an activating group) is 1. The van der Waals surface area contributed by atoms with E-state index in [1.165, 1.54) is 51.2 Å². The van der Waals surface area contributed by atoms with Crippen molar-refractivity contribution in [2.75, 3.05) is 20.1 Å². The maximum atomic E-state index is 7.48. The zero-order valence-corrected chi connectivity index (χ0v) is 11.4. The molecule has 1 rings (SSSR count). The standard InChI is InChI=1S/C12H22N.C2HN3/c1-3-4-5-7-10-13(2)11-8-6-9-12-13;3-1-5-2-4/h6,8-9,11H,3-5,7,10,12H2,1-2H3;5H/q+1;. The zero-order valence-electron chi connectivity index (χ0n) is 11.4. The fourth-order valence-electron chi connectivity index (χ4n) is 1.79. The molecule has 0 aromatic heterocycles. The Kier molecular flexibility index (Phi) is 9.35. The molecule has 0 saturated heterocycles. The lowest BCUT2D eigenvalue weighted by Crippen LogP contribution is -2.40. The van der Waals surface area contributed by atoms with E-state index in [9.17, 15) is 0 Å². The molecule has 0 aromatic carbocycles. The topological polar surface area (TPSA) is 59.6 Å². The van der Waals surface area contributed by atoms with Crippen molar-refractivity contribution >= 4 is 0 Å². The van der Waals surface area contributed by atoms with E-state index in [1.807, 2.05) is 0 Å². The molecule has 1 atom stereocenters. The molecule has 1 aliphatic heterocycles. The molecule has 4 nitrogen and oxygen atoms in total. The number of quaternary nitrogens is 1. The molecule has 1 aliphatic rings. The highest BCUT2D eigenvalue weighted by atomic mass is 15.3. The molecule has 0 saturated carbocycles. The van der Waals surface area contributed by atoms with Gasteiger partial charge in [-0.05, 0) is 25.0 Å². The number of nitrogens with one attached hydrogen (secondary N) is 1. The summed E-state index contributed by atoms with van der Waals surface area (Å²) in [6.45, 7) is 4.73. The van der Waals surface area contributed by atoms with E-state index < -0.39 is 0 Å². The predicted octanol–water partition coefficient (Wildman–Crippen LogP) is 2.63. The van der Waals surface area contributed by atoms with Gasteiger partial charge in [-0.1, -0.05) is 25.8 Å². The van der Waals surface area contributed by atoms with Gasteiger partial charge in [-0.25, -0.2) is 5.32 Å². The summed E-state index contributed by atoms with van der Waals surface area (Å²) in [5.74, 6) is 0. The number of nitriles is 2. The van der Waals surface area contributed by atoms with Crippen molar-refractivity contribution < 1.29 is 4.48 Å². The van der Waals surface area contributed by atoms with Crippen molar-refractivity contribution in [1.29, 1.82) is 10.5 Å². The lowest BCUT2D eigenvalue weighted by atomic mass is 10.2. The van der Waals surface area contributed by atoms with Crippen LogP contribution >= 0.6 is 0 Å². The monoisotopic (exact) mass is 247 g/mol. The Balaban J connectivity index is 0.000000494. The van der Waals surface area contributed by atoms with Crippen molar-refractivity contribution in [3.05, 3.63) is 24.4 Å². The first-order chi connectivity index (χ1) is 8.68. The summed E-state index contributed by atoms with van der Waals surface area (Å²) in [6.07, 6.45) is 17.2. The van der Waals surface area contributed by atoms with Gasteiger partial charge < -0.3 is 0 Å². The number of allylic oxidation sites excluding steroid dienone is 2. The Labute approximate surface area is 110 Å². The summed E-state index contributed by atoms with van der Waals surface area (Å²) >= 11 is 0. The summed E-state index contributed by atoms with van der Waals surface area (Å²) in [5.41, 5.74) is 0. The molecular formula is C14H23N4+. The number of nitrogens with zero attached hydrogens (tertiary/aromatic N) is 3. The fraction of sp³-hybridized carbons (Fsp3) is 0.571. The second kappa shape index (κ2) is 10.4. The number of unbranched alkanes of at least 4 members (excludes halogenated alkanes) is 3. The Morgan fingerprint density at radius 1 is 1.17 bits per heavy atom. The Bertz CT molecular complexity index is 334. The van der Waals surface area contributed by atoms with Crippen LogP contribution in [0.1, 0.15) is 32.6 Å². The van der Waals surface area contributed by atoms with Crippen LogP contribution in [0.2, 0.25) is 0 Å². The van der Waals surface area contributed by atoms with Crippen molar-refractivity contribution in [3.63, 3.8) is 0 Å². The average Bonchev–Trinajstić information content (AvgIpc) is 2.37. The minimum atomic E-state index is 1.10. The van der Waals surface area contributed by atoms with E-state index in [1.54, 1.807) is 5.32 Å². The lowest BCUT2D eigenvalue weighted by Gasteiger charge is -2.30. The summed E-state index contributed by atoms with van der Waals surface area (Å²) in [6, 6.07) is 0. The van der Waals surface area contributed by atoms with Crippen LogP contribution in [-0.2, 0) is 0 Å². The highest BCUT2D eigenvalue weighted by Gasteiger charge is 2.16. The van der Waals surface area contributed by atoms with Gasteiger partial charge in [-0.2, -0.15) is 10.5 Å². The molecule has 1 unspecified atom stereocenters. The highest BCUT2D eigenvalue weighted by molar-refractivity contribution is 5.03. The zero-order chi connectivity index (χ0) is 13.7. The largest absolute Gasteiger partial charge is 0.296 e. The molecule has 0 spiro atoms. The fourth-order valence-corrected chi connectivity index (χ4v) is 1.79. The van der Waals surface area contributed by atoms with E-state index in [2.05, 4.69) is 38.4 Å². The normalized spacial score (nSPS) is 20.2. The smallest absolute Gasteiger partial charge is 0.190 e. The maximum Gasteiger partial charge on any atom is 0.190 e. The molecule has 0 aliphatic carbocycles. The second-order valence-electron chi connectivity index (χ2n) is 4.56. The molecule has 0 bridgehead atoms. The summed E-state index contributed by atoms with van der Waals surface area (Å²) < 4.78 is 1.10. The van der Waals surface area contributed by atoms with Crippen LogP contribution in [0.5, 0.6) is 0 Å². The summed E-state index contributed by atoms with van der Waals surface area (Å²) in [7, 11) is 2.31. The van der Waals surface area contributed by atoms with E-state index in [4.69, 9.17) is 10.5 Å². The average molecular weight is 247 g/mol. The van der Waals surface area contributed by atoms with Gasteiger partial charge in [0, 0.05) is 0 Å². The summed E-state index contributed by atoms with van der Waals surface area (Å²) in [5, 5.41) is 16.7. The van der Waals surface area contributed by atoms with Gasteiger partial charge in [-0.3, -0.25) is 4.48 Å². The molecule has 0 amide bonds. The predicted molar refractivity (Wildman–Crippen MR) is 72.7 cm³/mol. The Morgan fingerprint density at radius 2 is 1.89 bits per heavy atom. The van der Waals surface area contributed by atoms with Crippen LogP contribution in [0.4, 0.5) is 0 Å². The molecule has 1 heterocycles. The second-order valence-corrected chi connectivity index (χ2v) is 4.56. The van der Waals surface area contributed by atoms with Gasteiger partial charge in [0.15, 0.2) is 12.4 Å². The first kappa shape index (κ1) is 16.2. The van der Waals surface area contributed by atoms with Crippen molar-refractivity contribution in [2.45, 2.75) is 32.6 Å². The van der Waals surface area contributed by atoms with E-state index >= 15 is 0 Å². The molecular weight excluding hydrogens is 224 g/mol. The number of hydrogen-bond donors (Lipinski definition) is 1. The number of hydrogen-bond acceptors (Lipinski definition) is 3. The van der Waals surface area contributed by atoms with Crippen LogP contribution in [0.3, 0.4) is 0 Å². The van der Waals surface area contributed by atoms with Crippen LogP contribution in [-0.4, -0.2) is 24.6 Å². The molecule has 98 valence electrons. The number of rotatable bonds is 5. The first-order valence-electron chi connectivity index (χ1n) is 6.40. The van der Waals surface area contributed by atoms with E-state index in [-0.39, 0.29) is 0 Å². The molecule has 1 N–H and O–H groups in total. The minimum absolute atomic E-state index is 1.10. The molecule has 18 heavy (non-hydrogen) atoms. The molecule has 4 heteroatoms. The van der Waals surface area contributed by atoms with E-state index in [0.29, 0.717) is 0 Å². The molecule has 0 radical (unpaired) electrons. The van der Waals surface area contributed by atoms with Gasteiger partial charge in [0.1, 0.15) is 6.54 Å². The van der Waals surface area contributed by atoms with Crippen LogP contribution < -0.4 is 5.32 Å². The van der Waals surface area contributed by atoms with Crippen LogP contribution in [0.25, 0.3) is 0 Å². The molecule has 0 fully saturated rings. The van der Waals surface area contributed by atoms with Gasteiger partial charge >= 0.3 is 0 Å². The van der Waals surface area contributed by atoms with Crippen LogP contribution in [0.15, 0.2) is 24.4 Å². The van der Waals surface area contributed by atoms with Gasteiger partial charge in [-0.15, -0.1) is 0 Å². The van der Waals surface area contributed by atoms with Gasteiger partial charge in [0.25, 0.3) is 0 Å². The van der Waals surface area contributed by atoms with Crippen molar-refractivity contribution in [1.82, 2.24) is 5.32 Å². The van der Waals surface area contributed by atoms with Gasteiger partial charge in [0.2, 0.25) is 0 Å². The lowest BCUT2D eigenvalue weighted by molar-refractivity contribution is -0.854. The quantitative estimate of drug-likeness (QED) is 0.351. The Morgan fingerprint density at radius 3 is 2.33 bits per heavy atom. The van der Waals surface area contributed by atoms with Crippen LogP contribution in [0, 0.1) is 22.9 Å².